The molecule has 1 saturated carbocycles. The summed E-state index contributed by atoms with van der Waals surface area (Å²) >= 11 is 15.4. The van der Waals surface area contributed by atoms with Gasteiger partial charge in [0.1, 0.15) is 0 Å². The molecular weight excluding hydrogens is 784 g/mol. The lowest BCUT2D eigenvalue weighted by atomic mass is 9.67. The maximum Gasteiger partial charge on any atom is 0.339 e. The molecule has 0 bridgehead atoms. The van der Waals surface area contributed by atoms with E-state index < -0.39 is 16.4 Å². The standard InChI is InChI=1S/C52H52Cl2N4O2/c1-50(34-10-18-38(19-11-34)55-26-2-3-27-55,35-12-20-39(21-13-35)56-28-4-5-29-56)45-42-44-43(46(53)47(45)54)48-51(52(44,48)60-49(42)59,36-14-22-40(23-15-36)57-30-6-7-31-57)37-16-24-41(25-17-37)58-32-8-9-33-58/h10-25,48H,2-9,26-33H2,1H3. The number of nitrogens with zero attached hydrogens (tertiary/aromatic N) is 4. The van der Waals surface area contributed by atoms with E-state index in [2.05, 4.69) is 124 Å². The van der Waals surface area contributed by atoms with Crippen LogP contribution >= 0.6 is 23.2 Å². The van der Waals surface area contributed by atoms with Gasteiger partial charge in [-0.25, -0.2) is 4.79 Å². The summed E-state index contributed by atoms with van der Waals surface area (Å²) in [5.74, 6) is -0.453. The van der Waals surface area contributed by atoms with Crippen molar-refractivity contribution in [3.8, 4) is 0 Å². The normalized spacial score (nSPS) is 23.6. The lowest BCUT2D eigenvalue weighted by molar-refractivity contribution is 0.0212. The van der Waals surface area contributed by atoms with Gasteiger partial charge in [-0.05, 0) is 135 Å². The maximum absolute atomic E-state index is 15.0. The van der Waals surface area contributed by atoms with Crippen LogP contribution in [0.1, 0.15) is 114 Å². The number of esters is 1. The predicted octanol–water partition coefficient (Wildman–Crippen LogP) is 11.2. The Bertz CT molecular complexity index is 2380. The zero-order valence-corrected chi connectivity index (χ0v) is 36.0. The van der Waals surface area contributed by atoms with Crippen LogP contribution in [0.15, 0.2) is 97.1 Å². The molecule has 7 aliphatic rings. The number of hydrogen-bond donors (Lipinski definition) is 0. The smallest absolute Gasteiger partial charge is 0.339 e. The van der Waals surface area contributed by atoms with Gasteiger partial charge in [0.25, 0.3) is 0 Å². The fourth-order valence-corrected chi connectivity index (χ4v) is 13.4. The number of carbonyl (C=O) groups excluding carboxylic acids is 1. The molecule has 0 N–H and O–H groups in total. The summed E-state index contributed by atoms with van der Waals surface area (Å²) in [4.78, 5) is 24.9. The number of hydrogen-bond acceptors (Lipinski definition) is 6. The lowest BCUT2D eigenvalue weighted by Gasteiger charge is -2.36. The summed E-state index contributed by atoms with van der Waals surface area (Å²) in [5.41, 5.74) is 10.3. The molecule has 5 aromatic rings. The maximum atomic E-state index is 15.0. The molecule has 60 heavy (non-hydrogen) atoms. The Kier molecular flexibility index (Phi) is 8.47. The van der Waals surface area contributed by atoms with Gasteiger partial charge in [-0.3, -0.25) is 0 Å². The van der Waals surface area contributed by atoms with Gasteiger partial charge >= 0.3 is 5.97 Å². The van der Waals surface area contributed by atoms with E-state index in [1.54, 1.807) is 0 Å². The van der Waals surface area contributed by atoms with E-state index in [9.17, 15) is 0 Å². The van der Waals surface area contributed by atoms with E-state index in [0.717, 1.165) is 91.3 Å². The minimum atomic E-state index is -0.873. The summed E-state index contributed by atoms with van der Waals surface area (Å²) in [5, 5.41) is 0.990. The topological polar surface area (TPSA) is 39.3 Å². The molecule has 0 aromatic heterocycles. The molecular formula is C52H52Cl2N4O2. The van der Waals surface area contributed by atoms with Gasteiger partial charge in [0.2, 0.25) is 0 Å². The molecule has 0 amide bonds. The first-order valence-electron chi connectivity index (χ1n) is 22.6. The van der Waals surface area contributed by atoms with Gasteiger partial charge in [0.15, 0.2) is 5.60 Å². The summed E-state index contributed by atoms with van der Waals surface area (Å²) in [6.45, 7) is 10.9. The second kappa shape index (κ2) is 13.7. The SMILES string of the molecule is CC(c1ccc(N2CCCC2)cc1)(c1ccc(N2CCCC2)cc1)c1c(Cl)c(Cl)c2c3c1C(=O)OC31C2C1(c1ccc(N2CCCC2)cc1)c1ccc(N2CCCC2)cc1. The molecule has 306 valence electrons. The average molecular weight is 836 g/mol. The zero-order valence-electron chi connectivity index (χ0n) is 34.5. The van der Waals surface area contributed by atoms with Crippen molar-refractivity contribution in [1.82, 2.24) is 0 Å². The van der Waals surface area contributed by atoms with Crippen LogP contribution in [0.2, 0.25) is 10.0 Å². The summed E-state index contributed by atoms with van der Waals surface area (Å²) in [6, 6.07) is 36.1. The average Bonchev–Trinajstić information content (AvgIpc) is 4.11. The quantitative estimate of drug-likeness (QED) is 0.109. The van der Waals surface area contributed by atoms with Crippen molar-refractivity contribution >= 4 is 51.9 Å². The van der Waals surface area contributed by atoms with E-state index in [-0.39, 0.29) is 11.9 Å². The van der Waals surface area contributed by atoms with Crippen LogP contribution in [-0.2, 0) is 21.2 Å². The van der Waals surface area contributed by atoms with Crippen molar-refractivity contribution in [1.29, 1.82) is 0 Å². The van der Waals surface area contributed by atoms with E-state index in [1.165, 1.54) is 74.1 Å². The second-order valence-electron chi connectivity index (χ2n) is 18.6. The highest BCUT2D eigenvalue weighted by Gasteiger charge is 2.91. The second-order valence-corrected chi connectivity index (χ2v) is 19.4. The van der Waals surface area contributed by atoms with Crippen LogP contribution < -0.4 is 19.6 Å². The summed E-state index contributed by atoms with van der Waals surface area (Å²) in [6.07, 6.45) is 9.75. The van der Waals surface area contributed by atoms with Crippen LogP contribution in [0.3, 0.4) is 0 Å². The van der Waals surface area contributed by atoms with Crippen LogP contribution in [0.4, 0.5) is 22.7 Å². The van der Waals surface area contributed by atoms with Gasteiger partial charge in [-0.1, -0.05) is 71.7 Å². The number of halogens is 2. The minimum absolute atomic E-state index is 0.148. The fraction of sp³-hybridized carbons (Fsp3) is 0.404. The minimum Gasteiger partial charge on any atom is -0.448 e. The third-order valence-corrected chi connectivity index (χ3v) is 16.7. The predicted molar refractivity (Wildman–Crippen MR) is 244 cm³/mol. The molecule has 4 saturated heterocycles. The van der Waals surface area contributed by atoms with Gasteiger partial charge in [-0.15, -0.1) is 0 Å². The third kappa shape index (κ3) is 4.98. The monoisotopic (exact) mass is 834 g/mol. The van der Waals surface area contributed by atoms with E-state index >= 15 is 4.79 Å². The van der Waals surface area contributed by atoms with E-state index in [0.29, 0.717) is 15.6 Å². The molecule has 6 nitrogen and oxygen atoms in total. The van der Waals surface area contributed by atoms with E-state index in [4.69, 9.17) is 27.9 Å². The first-order valence-corrected chi connectivity index (χ1v) is 23.3. The highest BCUT2D eigenvalue weighted by Crippen LogP contribution is 2.89. The molecule has 5 aromatic carbocycles. The Morgan fingerprint density at radius 1 is 0.533 bits per heavy atom. The van der Waals surface area contributed by atoms with Crippen molar-refractivity contribution < 1.29 is 9.53 Å². The number of ether oxygens (including phenoxy) is 1. The van der Waals surface area contributed by atoms with Crippen molar-refractivity contribution in [2.45, 2.75) is 80.6 Å². The summed E-state index contributed by atoms with van der Waals surface area (Å²) in [7, 11) is 0. The molecule has 2 aliphatic carbocycles. The molecule has 12 rings (SSSR count). The lowest BCUT2D eigenvalue weighted by Crippen LogP contribution is -2.30. The van der Waals surface area contributed by atoms with Gasteiger partial charge in [-0.2, -0.15) is 0 Å². The highest BCUT2D eigenvalue weighted by molar-refractivity contribution is 6.44. The van der Waals surface area contributed by atoms with Crippen LogP contribution in [-0.4, -0.2) is 58.3 Å². The Morgan fingerprint density at radius 2 is 0.883 bits per heavy atom. The third-order valence-electron chi connectivity index (χ3n) is 15.8. The zero-order chi connectivity index (χ0) is 40.4. The van der Waals surface area contributed by atoms with Gasteiger partial charge < -0.3 is 24.3 Å². The Balaban J connectivity index is 1.03. The number of fused-ring (bicyclic) bond motifs is 1. The van der Waals surface area contributed by atoms with Gasteiger partial charge in [0.05, 0.1) is 21.0 Å². The van der Waals surface area contributed by atoms with Crippen LogP contribution in [0, 0.1) is 0 Å². The molecule has 5 aliphatic heterocycles. The first kappa shape index (κ1) is 37.1. The van der Waals surface area contributed by atoms with Crippen molar-refractivity contribution in [3.05, 3.63) is 152 Å². The van der Waals surface area contributed by atoms with E-state index in [1.807, 2.05) is 0 Å². The van der Waals surface area contributed by atoms with Crippen molar-refractivity contribution in [2.75, 3.05) is 72.0 Å². The summed E-state index contributed by atoms with van der Waals surface area (Å²) < 4.78 is 6.95. The molecule has 8 heteroatoms. The molecule has 5 fully saturated rings. The molecule has 5 heterocycles. The number of benzene rings is 5. The van der Waals surface area contributed by atoms with Crippen molar-refractivity contribution in [3.63, 3.8) is 0 Å². The Hall–Kier alpha value is -4.65. The molecule has 1 spiro atoms. The largest absolute Gasteiger partial charge is 0.448 e. The van der Waals surface area contributed by atoms with Crippen LogP contribution in [0.5, 0.6) is 0 Å². The first-order chi connectivity index (χ1) is 29.4. The van der Waals surface area contributed by atoms with Crippen LogP contribution in [0.25, 0.3) is 0 Å². The molecule has 2 unspecified atom stereocenters. The number of rotatable bonds is 9. The fourth-order valence-electron chi connectivity index (χ4n) is 12.7. The van der Waals surface area contributed by atoms with Crippen molar-refractivity contribution in [2.24, 2.45) is 0 Å². The Morgan fingerprint density at radius 3 is 1.25 bits per heavy atom. The molecule has 0 radical (unpaired) electrons. The number of anilines is 4. The highest BCUT2D eigenvalue weighted by atomic mass is 35.5. The molecule has 2 atom stereocenters. The Labute approximate surface area is 364 Å². The number of carbonyl (C=O) groups is 1. The van der Waals surface area contributed by atoms with Gasteiger partial charge in [0, 0.05) is 97.6 Å².